The standard InChI is InChI=1S/C12H14N4OS2/c1-13-19-10-8-15-12(18-10)16-11(17)14-7-9-5-3-2-4-6-9/h2-6,8,13H,7H2,1H3,(H2,14,15,16,17). The number of urea groups is 1. The topological polar surface area (TPSA) is 66.0 Å². The van der Waals surface area contributed by atoms with Crippen LogP contribution in [-0.4, -0.2) is 18.1 Å². The molecule has 7 heteroatoms. The van der Waals surface area contributed by atoms with Gasteiger partial charge in [0.05, 0.1) is 10.4 Å². The van der Waals surface area contributed by atoms with E-state index < -0.39 is 0 Å². The lowest BCUT2D eigenvalue weighted by molar-refractivity contribution is 0.251. The first kappa shape index (κ1) is 13.9. The molecule has 0 aliphatic carbocycles. The number of hydrogen-bond acceptors (Lipinski definition) is 5. The van der Waals surface area contributed by atoms with Gasteiger partial charge in [-0.15, -0.1) is 0 Å². The van der Waals surface area contributed by atoms with E-state index in [9.17, 15) is 4.79 Å². The van der Waals surface area contributed by atoms with Gasteiger partial charge in [-0.25, -0.2) is 9.78 Å². The summed E-state index contributed by atoms with van der Waals surface area (Å²) in [6.07, 6.45) is 1.72. The van der Waals surface area contributed by atoms with Crippen molar-refractivity contribution in [3.05, 3.63) is 42.1 Å². The van der Waals surface area contributed by atoms with Gasteiger partial charge in [0.1, 0.15) is 0 Å². The number of aromatic nitrogens is 1. The number of nitrogens with zero attached hydrogens (tertiary/aromatic N) is 1. The molecule has 0 fully saturated rings. The van der Waals surface area contributed by atoms with E-state index in [0.717, 1.165) is 9.77 Å². The molecular formula is C12H14N4OS2. The summed E-state index contributed by atoms with van der Waals surface area (Å²) in [5.74, 6) is 0. The van der Waals surface area contributed by atoms with Crippen molar-refractivity contribution in [1.82, 2.24) is 15.0 Å². The molecule has 19 heavy (non-hydrogen) atoms. The maximum atomic E-state index is 11.7. The van der Waals surface area contributed by atoms with E-state index in [-0.39, 0.29) is 6.03 Å². The third-order valence-electron chi connectivity index (χ3n) is 2.20. The maximum Gasteiger partial charge on any atom is 0.321 e. The van der Waals surface area contributed by atoms with Gasteiger partial charge < -0.3 is 5.32 Å². The van der Waals surface area contributed by atoms with E-state index in [2.05, 4.69) is 20.3 Å². The molecule has 0 unspecified atom stereocenters. The highest BCUT2D eigenvalue weighted by Gasteiger charge is 2.06. The number of benzene rings is 1. The lowest BCUT2D eigenvalue weighted by Crippen LogP contribution is -2.28. The normalized spacial score (nSPS) is 10.2. The minimum atomic E-state index is -0.251. The summed E-state index contributed by atoms with van der Waals surface area (Å²) >= 11 is 2.89. The highest BCUT2D eigenvalue weighted by atomic mass is 32.2. The first-order chi connectivity index (χ1) is 9.28. The Kier molecular flexibility index (Phi) is 5.20. The zero-order valence-corrected chi connectivity index (χ0v) is 12.0. The molecule has 0 spiro atoms. The van der Waals surface area contributed by atoms with Gasteiger partial charge in [0, 0.05) is 6.54 Å². The summed E-state index contributed by atoms with van der Waals surface area (Å²) in [6, 6.07) is 9.50. The van der Waals surface area contributed by atoms with Crippen molar-refractivity contribution < 1.29 is 4.79 Å². The van der Waals surface area contributed by atoms with E-state index in [1.807, 2.05) is 37.4 Å². The zero-order valence-electron chi connectivity index (χ0n) is 10.3. The van der Waals surface area contributed by atoms with Gasteiger partial charge in [0.25, 0.3) is 0 Å². The third kappa shape index (κ3) is 4.55. The second kappa shape index (κ2) is 7.13. The Labute approximate surface area is 120 Å². The van der Waals surface area contributed by atoms with Gasteiger partial charge in [-0.05, 0) is 24.6 Å². The average Bonchev–Trinajstić information content (AvgIpc) is 2.85. The van der Waals surface area contributed by atoms with Crippen LogP contribution in [0.25, 0.3) is 0 Å². The fourth-order valence-corrected chi connectivity index (χ4v) is 2.89. The van der Waals surface area contributed by atoms with E-state index in [1.54, 1.807) is 6.20 Å². The predicted molar refractivity (Wildman–Crippen MR) is 79.3 cm³/mol. The number of carbonyl (C=O) groups is 1. The van der Waals surface area contributed by atoms with Crippen LogP contribution in [0.15, 0.2) is 40.7 Å². The van der Waals surface area contributed by atoms with Crippen molar-refractivity contribution in [2.75, 3.05) is 12.4 Å². The highest BCUT2D eigenvalue weighted by Crippen LogP contribution is 2.25. The molecule has 1 aromatic carbocycles. The molecule has 1 aromatic heterocycles. The molecule has 0 bridgehead atoms. The Hall–Kier alpha value is -1.57. The van der Waals surface area contributed by atoms with E-state index in [4.69, 9.17) is 0 Å². The first-order valence-electron chi connectivity index (χ1n) is 5.66. The molecule has 3 N–H and O–H groups in total. The predicted octanol–water partition coefficient (Wildman–Crippen LogP) is 2.69. The smallest absolute Gasteiger partial charge is 0.321 e. The van der Waals surface area contributed by atoms with Crippen LogP contribution in [0, 0.1) is 0 Å². The Balaban J connectivity index is 1.80. The molecule has 2 aromatic rings. The minimum absolute atomic E-state index is 0.251. The van der Waals surface area contributed by atoms with Crippen LogP contribution >= 0.6 is 23.3 Å². The number of nitrogens with one attached hydrogen (secondary N) is 3. The molecule has 0 saturated carbocycles. The van der Waals surface area contributed by atoms with Crippen LogP contribution in [0.2, 0.25) is 0 Å². The number of thiazole rings is 1. The zero-order chi connectivity index (χ0) is 13.5. The first-order valence-corrected chi connectivity index (χ1v) is 7.29. The molecule has 0 radical (unpaired) electrons. The van der Waals surface area contributed by atoms with E-state index in [0.29, 0.717) is 11.7 Å². The molecular weight excluding hydrogens is 280 g/mol. The molecule has 2 rings (SSSR count). The van der Waals surface area contributed by atoms with Crippen LogP contribution in [0.1, 0.15) is 5.56 Å². The summed E-state index contributed by atoms with van der Waals surface area (Å²) < 4.78 is 3.96. The van der Waals surface area contributed by atoms with Gasteiger partial charge in [-0.1, -0.05) is 41.7 Å². The quantitative estimate of drug-likeness (QED) is 0.742. The lowest BCUT2D eigenvalue weighted by atomic mass is 10.2. The van der Waals surface area contributed by atoms with Crippen molar-refractivity contribution in [2.45, 2.75) is 10.8 Å². The lowest BCUT2D eigenvalue weighted by Gasteiger charge is -2.05. The monoisotopic (exact) mass is 294 g/mol. The maximum absolute atomic E-state index is 11.7. The Bertz CT molecular complexity index is 530. The molecule has 0 atom stereocenters. The van der Waals surface area contributed by atoms with Crippen molar-refractivity contribution in [3.8, 4) is 0 Å². The molecule has 0 saturated heterocycles. The number of carbonyl (C=O) groups excluding carboxylic acids is 1. The van der Waals surface area contributed by atoms with Crippen molar-refractivity contribution in [2.24, 2.45) is 0 Å². The summed E-state index contributed by atoms with van der Waals surface area (Å²) in [6.45, 7) is 0.496. The molecule has 0 aliphatic rings. The molecule has 1 heterocycles. The van der Waals surface area contributed by atoms with E-state index >= 15 is 0 Å². The number of hydrogen-bond donors (Lipinski definition) is 3. The Morgan fingerprint density at radius 2 is 2.16 bits per heavy atom. The van der Waals surface area contributed by atoms with Gasteiger partial charge in [-0.2, -0.15) is 0 Å². The second-order valence-electron chi connectivity index (χ2n) is 3.58. The molecule has 2 amide bonds. The van der Waals surface area contributed by atoms with Gasteiger partial charge >= 0.3 is 6.03 Å². The summed E-state index contributed by atoms with van der Waals surface area (Å²) in [5.41, 5.74) is 1.06. The highest BCUT2D eigenvalue weighted by molar-refractivity contribution is 7.99. The summed E-state index contributed by atoms with van der Waals surface area (Å²) in [5, 5.41) is 6.08. The van der Waals surface area contributed by atoms with Crippen LogP contribution < -0.4 is 15.4 Å². The fourth-order valence-electron chi connectivity index (χ4n) is 1.38. The van der Waals surface area contributed by atoms with Crippen molar-refractivity contribution in [3.63, 3.8) is 0 Å². The third-order valence-corrected chi connectivity index (χ3v) is 3.92. The summed E-state index contributed by atoms with van der Waals surface area (Å²) in [7, 11) is 1.84. The molecule has 0 aliphatic heterocycles. The largest absolute Gasteiger partial charge is 0.334 e. The molecule has 5 nitrogen and oxygen atoms in total. The van der Waals surface area contributed by atoms with Crippen molar-refractivity contribution >= 4 is 34.4 Å². The van der Waals surface area contributed by atoms with Gasteiger partial charge in [0.15, 0.2) is 5.13 Å². The molecule has 100 valence electrons. The SMILES string of the molecule is CNSc1cnc(NC(=O)NCc2ccccc2)s1. The Morgan fingerprint density at radius 1 is 1.37 bits per heavy atom. The van der Waals surface area contributed by atoms with Crippen LogP contribution in [0.4, 0.5) is 9.93 Å². The number of rotatable bonds is 5. The van der Waals surface area contributed by atoms with Crippen LogP contribution in [-0.2, 0) is 6.54 Å². The Morgan fingerprint density at radius 3 is 2.89 bits per heavy atom. The van der Waals surface area contributed by atoms with Gasteiger partial charge in [0.2, 0.25) is 0 Å². The fraction of sp³-hybridized carbons (Fsp3) is 0.167. The van der Waals surface area contributed by atoms with Gasteiger partial charge in [-0.3, -0.25) is 10.0 Å². The van der Waals surface area contributed by atoms with E-state index in [1.165, 1.54) is 23.3 Å². The number of anilines is 1. The minimum Gasteiger partial charge on any atom is -0.334 e. The van der Waals surface area contributed by atoms with Crippen molar-refractivity contribution in [1.29, 1.82) is 0 Å². The second-order valence-corrected chi connectivity index (χ2v) is 5.93. The average molecular weight is 294 g/mol. The number of amides is 2. The van der Waals surface area contributed by atoms with Crippen LogP contribution in [0.3, 0.4) is 0 Å². The summed E-state index contributed by atoms with van der Waals surface area (Å²) in [4.78, 5) is 15.8. The van der Waals surface area contributed by atoms with Crippen LogP contribution in [0.5, 0.6) is 0 Å².